The summed E-state index contributed by atoms with van der Waals surface area (Å²) in [4.78, 5) is 41.7. The lowest BCUT2D eigenvalue weighted by molar-refractivity contribution is -0.157. The van der Waals surface area contributed by atoms with Crippen molar-refractivity contribution >= 4 is 18.0 Å². The summed E-state index contributed by atoms with van der Waals surface area (Å²) in [5.41, 5.74) is 3.24. The van der Waals surface area contributed by atoms with Gasteiger partial charge in [-0.1, -0.05) is 48.5 Å². The van der Waals surface area contributed by atoms with E-state index in [9.17, 15) is 14.4 Å². The summed E-state index contributed by atoms with van der Waals surface area (Å²) in [6.45, 7) is 5.80. The normalized spacial score (nSPS) is 11.8. The predicted octanol–water partition coefficient (Wildman–Crippen LogP) is 4.16. The smallest absolute Gasteiger partial charge is 0.408 e. The van der Waals surface area contributed by atoms with Gasteiger partial charge in [0.1, 0.15) is 18.2 Å². The molecule has 178 valence electrons. The van der Waals surface area contributed by atoms with Crippen LogP contribution in [0.1, 0.15) is 56.0 Å². The van der Waals surface area contributed by atoms with E-state index < -0.39 is 29.7 Å². The van der Waals surface area contributed by atoms with Crippen LogP contribution in [0, 0.1) is 0 Å². The number of ether oxygens (including phenoxy) is 2. The number of carbonyl (C=O) groups excluding carboxylic acids is 3. The highest BCUT2D eigenvalue weighted by atomic mass is 16.7. The second-order valence-corrected chi connectivity index (χ2v) is 8.44. The lowest BCUT2D eigenvalue weighted by Crippen LogP contribution is -2.44. The van der Waals surface area contributed by atoms with Crippen LogP contribution in [0.25, 0.3) is 0 Å². The van der Waals surface area contributed by atoms with E-state index in [2.05, 4.69) is 10.8 Å². The first-order valence-corrected chi connectivity index (χ1v) is 10.9. The van der Waals surface area contributed by atoms with Crippen molar-refractivity contribution in [2.75, 3.05) is 6.54 Å². The van der Waals surface area contributed by atoms with Gasteiger partial charge in [-0.15, -0.1) is 0 Å². The van der Waals surface area contributed by atoms with E-state index in [1.165, 1.54) is 0 Å². The number of esters is 1. The number of benzene rings is 2. The molecule has 8 heteroatoms. The van der Waals surface area contributed by atoms with E-state index in [-0.39, 0.29) is 6.61 Å². The molecule has 2 aromatic rings. The third-order valence-electron chi connectivity index (χ3n) is 4.39. The zero-order valence-electron chi connectivity index (χ0n) is 19.3. The lowest BCUT2D eigenvalue weighted by atomic mass is 10.1. The van der Waals surface area contributed by atoms with Crippen LogP contribution in [0.15, 0.2) is 60.7 Å². The molecule has 0 heterocycles. The first-order valence-electron chi connectivity index (χ1n) is 10.9. The Morgan fingerprint density at radius 2 is 1.55 bits per heavy atom. The van der Waals surface area contributed by atoms with E-state index in [4.69, 9.17) is 14.3 Å². The number of hydrogen-bond donors (Lipinski definition) is 2. The first-order chi connectivity index (χ1) is 15.7. The summed E-state index contributed by atoms with van der Waals surface area (Å²) in [6, 6.07) is 17.1. The summed E-state index contributed by atoms with van der Waals surface area (Å²) < 4.78 is 10.7. The molecular formula is C25H32N2O6. The number of carbonyl (C=O) groups is 3. The molecular weight excluding hydrogens is 424 g/mol. The molecule has 0 bridgehead atoms. The van der Waals surface area contributed by atoms with Crippen LogP contribution >= 0.6 is 0 Å². The van der Waals surface area contributed by atoms with Crippen molar-refractivity contribution in [2.45, 2.75) is 58.3 Å². The van der Waals surface area contributed by atoms with Gasteiger partial charge in [0.05, 0.1) is 5.56 Å². The molecule has 8 nitrogen and oxygen atoms in total. The lowest BCUT2D eigenvalue weighted by Gasteiger charge is -2.24. The van der Waals surface area contributed by atoms with Gasteiger partial charge >= 0.3 is 18.0 Å². The Morgan fingerprint density at radius 3 is 2.18 bits per heavy atom. The minimum Gasteiger partial charge on any atom is -0.458 e. The fourth-order valence-electron chi connectivity index (χ4n) is 2.82. The van der Waals surface area contributed by atoms with Crippen molar-refractivity contribution in [2.24, 2.45) is 0 Å². The van der Waals surface area contributed by atoms with E-state index in [1.54, 1.807) is 45.0 Å². The summed E-state index contributed by atoms with van der Waals surface area (Å²) in [5.74, 6) is -0.993. The first kappa shape index (κ1) is 25.9. The molecule has 2 aromatic carbocycles. The highest BCUT2D eigenvalue weighted by Gasteiger charge is 2.26. The number of unbranched alkanes of at least 4 members (excludes halogenated alkanes) is 1. The molecule has 0 aromatic heterocycles. The number of nitrogens with one attached hydrogen (secondary N) is 2. The highest BCUT2D eigenvalue weighted by molar-refractivity contribution is 5.89. The van der Waals surface area contributed by atoms with Crippen molar-refractivity contribution < 1.29 is 28.7 Å². The minimum atomic E-state index is -0.848. The molecule has 0 saturated heterocycles. The molecule has 33 heavy (non-hydrogen) atoms. The molecule has 1 atom stereocenters. The SMILES string of the molecule is CC(C)(C)OC(=O)C(CCCCNOC(=O)c1ccccc1)NC(=O)OCc1ccccc1. The van der Waals surface area contributed by atoms with Gasteiger partial charge in [-0.2, -0.15) is 5.48 Å². The molecule has 0 saturated carbocycles. The largest absolute Gasteiger partial charge is 0.458 e. The second kappa shape index (κ2) is 13.2. The maximum atomic E-state index is 12.6. The molecule has 0 spiro atoms. The van der Waals surface area contributed by atoms with Crippen LogP contribution in [-0.2, 0) is 25.7 Å². The maximum Gasteiger partial charge on any atom is 0.408 e. The van der Waals surface area contributed by atoms with Crippen molar-refractivity contribution in [3.63, 3.8) is 0 Å². The average Bonchev–Trinajstić information content (AvgIpc) is 2.79. The minimum absolute atomic E-state index is 0.102. The van der Waals surface area contributed by atoms with Crippen LogP contribution in [0.4, 0.5) is 4.79 Å². The van der Waals surface area contributed by atoms with Crippen LogP contribution in [0.5, 0.6) is 0 Å². The Bertz CT molecular complexity index is 881. The molecule has 0 fully saturated rings. The van der Waals surface area contributed by atoms with Crippen LogP contribution in [0.3, 0.4) is 0 Å². The number of alkyl carbamates (subject to hydrolysis) is 1. The van der Waals surface area contributed by atoms with Gasteiger partial charge in [0.25, 0.3) is 0 Å². The third-order valence-corrected chi connectivity index (χ3v) is 4.39. The fraction of sp³-hybridized carbons (Fsp3) is 0.400. The van der Waals surface area contributed by atoms with Gasteiger partial charge in [-0.05, 0) is 57.7 Å². The van der Waals surface area contributed by atoms with E-state index in [0.717, 1.165) is 5.56 Å². The van der Waals surface area contributed by atoms with E-state index in [0.29, 0.717) is 31.4 Å². The van der Waals surface area contributed by atoms with Crippen LogP contribution in [0.2, 0.25) is 0 Å². The van der Waals surface area contributed by atoms with Crippen LogP contribution < -0.4 is 10.8 Å². The van der Waals surface area contributed by atoms with Gasteiger partial charge in [-0.3, -0.25) is 0 Å². The van der Waals surface area contributed by atoms with Crippen molar-refractivity contribution in [1.29, 1.82) is 0 Å². The predicted molar refractivity (Wildman–Crippen MR) is 123 cm³/mol. The number of hydroxylamine groups is 1. The van der Waals surface area contributed by atoms with Crippen molar-refractivity contribution in [3.05, 3.63) is 71.8 Å². The molecule has 2 rings (SSSR count). The number of amides is 1. The van der Waals surface area contributed by atoms with Gasteiger partial charge in [0.15, 0.2) is 0 Å². The average molecular weight is 457 g/mol. The number of rotatable bonds is 11. The molecule has 0 radical (unpaired) electrons. The third kappa shape index (κ3) is 10.7. The second-order valence-electron chi connectivity index (χ2n) is 8.44. The Labute approximate surface area is 194 Å². The molecule has 2 N–H and O–H groups in total. The summed E-state index contributed by atoms with van der Waals surface area (Å²) in [7, 11) is 0. The van der Waals surface area contributed by atoms with E-state index in [1.807, 2.05) is 36.4 Å². The standard InChI is InChI=1S/C25H32N2O6/c1-25(2,3)32-23(29)21(27-24(30)31-18-19-12-6-4-7-13-19)16-10-11-17-26-33-22(28)20-14-8-5-9-15-20/h4-9,12-15,21,26H,10-11,16-18H2,1-3H3,(H,27,30). The van der Waals surface area contributed by atoms with E-state index >= 15 is 0 Å². The zero-order valence-corrected chi connectivity index (χ0v) is 19.3. The summed E-state index contributed by atoms with van der Waals surface area (Å²) >= 11 is 0. The Morgan fingerprint density at radius 1 is 0.909 bits per heavy atom. The van der Waals surface area contributed by atoms with Gasteiger partial charge < -0.3 is 19.6 Å². The van der Waals surface area contributed by atoms with Gasteiger partial charge in [0, 0.05) is 6.54 Å². The monoisotopic (exact) mass is 456 g/mol. The number of hydrogen-bond acceptors (Lipinski definition) is 7. The zero-order chi connectivity index (χ0) is 24.1. The van der Waals surface area contributed by atoms with Crippen molar-refractivity contribution in [3.8, 4) is 0 Å². The van der Waals surface area contributed by atoms with Crippen molar-refractivity contribution in [1.82, 2.24) is 10.8 Å². The Hall–Kier alpha value is -3.39. The molecule has 0 aliphatic carbocycles. The van der Waals surface area contributed by atoms with Crippen LogP contribution in [-0.4, -0.2) is 36.2 Å². The Kier molecular flexibility index (Phi) is 10.4. The molecule has 0 aliphatic rings. The molecule has 0 aliphatic heterocycles. The Balaban J connectivity index is 1.76. The topological polar surface area (TPSA) is 103 Å². The summed E-state index contributed by atoms with van der Waals surface area (Å²) in [5, 5.41) is 2.60. The summed E-state index contributed by atoms with van der Waals surface area (Å²) in [6.07, 6.45) is 0.856. The molecule has 1 amide bonds. The molecule has 1 unspecified atom stereocenters. The van der Waals surface area contributed by atoms with Gasteiger partial charge in [0.2, 0.25) is 0 Å². The highest BCUT2D eigenvalue weighted by Crippen LogP contribution is 2.12. The maximum absolute atomic E-state index is 12.6. The quantitative estimate of drug-likeness (QED) is 0.227. The van der Waals surface area contributed by atoms with Gasteiger partial charge in [-0.25, -0.2) is 14.4 Å². The fourth-order valence-corrected chi connectivity index (χ4v) is 2.82.